The van der Waals surface area contributed by atoms with Gasteiger partial charge in [-0.05, 0) is 35.6 Å². The molecular weight excluding hydrogens is 353 g/mol. The minimum atomic E-state index is -0.620. The van der Waals surface area contributed by atoms with Crippen LogP contribution in [0.2, 0.25) is 0 Å². The molecule has 0 aliphatic rings. The fraction of sp³-hybridized carbons (Fsp3) is 0.200. The van der Waals surface area contributed by atoms with Gasteiger partial charge in [0.1, 0.15) is 10.6 Å². The molecule has 0 fully saturated rings. The topological polar surface area (TPSA) is 91.2 Å². The van der Waals surface area contributed by atoms with E-state index in [-0.39, 0.29) is 17.6 Å². The van der Waals surface area contributed by atoms with Crippen LogP contribution in [0.5, 0.6) is 0 Å². The summed E-state index contributed by atoms with van der Waals surface area (Å²) in [5.74, 6) is -0.303. The van der Waals surface area contributed by atoms with Gasteiger partial charge in [-0.2, -0.15) is 5.10 Å². The number of rotatable bonds is 2. The Morgan fingerprint density at radius 1 is 1.56 bits per heavy atom. The average Bonchev–Trinajstić information content (AvgIpc) is 2.86. The van der Waals surface area contributed by atoms with Crippen LogP contribution in [0, 0.1) is 20.6 Å². The van der Waals surface area contributed by atoms with Crippen molar-refractivity contribution in [2.24, 2.45) is 0 Å². The van der Waals surface area contributed by atoms with Gasteiger partial charge in [0.25, 0.3) is 0 Å². The SMILES string of the molecule is CC(=O)n1nc(-c2ccc([N+](=O)[O-])o2)c(I)c1C. The minimum Gasteiger partial charge on any atom is -0.399 e. The summed E-state index contributed by atoms with van der Waals surface area (Å²) in [7, 11) is 0. The Hall–Kier alpha value is -1.71. The van der Waals surface area contributed by atoms with Crippen molar-refractivity contribution < 1.29 is 14.1 Å². The molecule has 0 aliphatic carbocycles. The van der Waals surface area contributed by atoms with Gasteiger partial charge in [-0.3, -0.25) is 14.9 Å². The summed E-state index contributed by atoms with van der Waals surface area (Å²) < 4.78 is 7.04. The highest BCUT2D eigenvalue weighted by atomic mass is 127. The van der Waals surface area contributed by atoms with Gasteiger partial charge in [-0.25, -0.2) is 4.68 Å². The molecule has 0 unspecified atom stereocenters. The molecule has 7 nitrogen and oxygen atoms in total. The maximum absolute atomic E-state index is 11.3. The number of aromatic nitrogens is 2. The number of hydrogen-bond donors (Lipinski definition) is 0. The van der Waals surface area contributed by atoms with Gasteiger partial charge in [-0.15, -0.1) is 0 Å². The zero-order valence-corrected chi connectivity index (χ0v) is 11.7. The number of nitrogens with zero attached hydrogens (tertiary/aromatic N) is 3. The lowest BCUT2D eigenvalue weighted by Gasteiger charge is -1.94. The standard InChI is InChI=1S/C10H8IN3O4/c1-5-9(11)10(12-13(5)6(2)15)7-3-4-8(18-7)14(16)17/h3-4H,1-2H3. The van der Waals surface area contributed by atoms with Crippen molar-refractivity contribution in [2.75, 3.05) is 0 Å². The van der Waals surface area contributed by atoms with Gasteiger partial charge in [0.05, 0.1) is 15.3 Å². The van der Waals surface area contributed by atoms with Crippen LogP contribution in [-0.4, -0.2) is 20.6 Å². The van der Waals surface area contributed by atoms with Crippen molar-refractivity contribution >= 4 is 34.4 Å². The summed E-state index contributed by atoms with van der Waals surface area (Å²) >= 11 is 2.02. The van der Waals surface area contributed by atoms with E-state index in [0.717, 1.165) is 3.57 Å². The van der Waals surface area contributed by atoms with Crippen LogP contribution in [0.15, 0.2) is 16.5 Å². The molecule has 8 heteroatoms. The number of nitro groups is 1. The summed E-state index contributed by atoms with van der Waals surface area (Å²) in [5.41, 5.74) is 1.11. The van der Waals surface area contributed by atoms with Gasteiger partial charge in [0, 0.05) is 6.92 Å². The summed E-state index contributed by atoms with van der Waals surface area (Å²) in [6.07, 6.45) is 0. The predicted molar refractivity (Wildman–Crippen MR) is 70.3 cm³/mol. The summed E-state index contributed by atoms with van der Waals surface area (Å²) in [6, 6.07) is 2.72. The Balaban J connectivity index is 2.53. The molecule has 2 heterocycles. The first kappa shape index (κ1) is 12.7. The molecule has 0 aliphatic heterocycles. The molecule has 0 atom stereocenters. The first-order valence-electron chi connectivity index (χ1n) is 4.92. The Kier molecular flexibility index (Phi) is 3.20. The quantitative estimate of drug-likeness (QED) is 0.466. The maximum Gasteiger partial charge on any atom is 0.433 e. The predicted octanol–water partition coefficient (Wildman–Crippen LogP) is 2.62. The van der Waals surface area contributed by atoms with Crippen molar-refractivity contribution in [2.45, 2.75) is 13.8 Å². The molecule has 94 valence electrons. The summed E-state index contributed by atoms with van der Waals surface area (Å²) in [4.78, 5) is 21.3. The highest BCUT2D eigenvalue weighted by Gasteiger charge is 2.21. The zero-order valence-electron chi connectivity index (χ0n) is 9.51. The molecule has 0 radical (unpaired) electrons. The first-order chi connectivity index (χ1) is 8.41. The first-order valence-corrected chi connectivity index (χ1v) is 6.00. The van der Waals surface area contributed by atoms with Crippen LogP contribution >= 0.6 is 22.6 Å². The molecule has 0 saturated carbocycles. The van der Waals surface area contributed by atoms with E-state index < -0.39 is 4.92 Å². The van der Waals surface area contributed by atoms with E-state index in [9.17, 15) is 14.9 Å². The van der Waals surface area contributed by atoms with Gasteiger partial charge in [0.2, 0.25) is 5.91 Å². The van der Waals surface area contributed by atoms with Crippen molar-refractivity contribution in [3.05, 3.63) is 31.5 Å². The van der Waals surface area contributed by atoms with E-state index >= 15 is 0 Å². The highest BCUT2D eigenvalue weighted by Crippen LogP contribution is 2.30. The Bertz CT molecular complexity index is 644. The van der Waals surface area contributed by atoms with Crippen LogP contribution in [0.1, 0.15) is 17.4 Å². The van der Waals surface area contributed by atoms with Crippen molar-refractivity contribution in [3.63, 3.8) is 0 Å². The molecule has 0 N–H and O–H groups in total. The molecule has 2 aromatic heterocycles. The second-order valence-electron chi connectivity index (χ2n) is 3.57. The molecule has 18 heavy (non-hydrogen) atoms. The average molecular weight is 361 g/mol. The lowest BCUT2D eigenvalue weighted by molar-refractivity contribution is -0.401. The molecule has 0 bridgehead atoms. The van der Waals surface area contributed by atoms with E-state index in [4.69, 9.17) is 4.42 Å². The molecule has 2 aromatic rings. The third kappa shape index (κ3) is 2.03. The Morgan fingerprint density at radius 3 is 2.67 bits per heavy atom. The number of carbonyl (C=O) groups is 1. The largest absolute Gasteiger partial charge is 0.433 e. The summed E-state index contributed by atoms with van der Waals surface area (Å²) in [6.45, 7) is 3.14. The lowest BCUT2D eigenvalue weighted by Crippen LogP contribution is -2.09. The van der Waals surface area contributed by atoms with Gasteiger partial charge < -0.3 is 4.42 Å². The van der Waals surface area contributed by atoms with Crippen LogP contribution in [0.3, 0.4) is 0 Å². The molecule has 0 spiro atoms. The summed E-state index contributed by atoms with van der Waals surface area (Å²) in [5, 5.41) is 14.6. The number of furan rings is 1. The van der Waals surface area contributed by atoms with Crippen molar-refractivity contribution in [3.8, 4) is 11.5 Å². The zero-order chi connectivity index (χ0) is 13.4. The van der Waals surface area contributed by atoms with Crippen molar-refractivity contribution in [1.82, 2.24) is 9.78 Å². The second-order valence-corrected chi connectivity index (χ2v) is 4.65. The molecule has 0 saturated heterocycles. The number of carbonyl (C=O) groups excluding carboxylic acids is 1. The number of halogens is 1. The smallest absolute Gasteiger partial charge is 0.399 e. The van der Waals surface area contributed by atoms with Gasteiger partial charge in [0.15, 0.2) is 5.76 Å². The third-order valence-corrected chi connectivity index (χ3v) is 3.64. The second kappa shape index (κ2) is 4.52. The Morgan fingerprint density at radius 2 is 2.22 bits per heavy atom. The van der Waals surface area contributed by atoms with E-state index in [1.165, 1.54) is 23.7 Å². The molecular formula is C10H8IN3O4. The van der Waals surface area contributed by atoms with Gasteiger partial charge >= 0.3 is 5.88 Å². The minimum absolute atomic E-state index is 0.224. The van der Waals surface area contributed by atoms with Crippen LogP contribution in [0.4, 0.5) is 5.88 Å². The normalized spacial score (nSPS) is 10.6. The molecule has 0 aromatic carbocycles. The van der Waals surface area contributed by atoms with E-state index in [2.05, 4.69) is 5.10 Å². The van der Waals surface area contributed by atoms with Crippen LogP contribution in [0.25, 0.3) is 11.5 Å². The fourth-order valence-electron chi connectivity index (χ4n) is 1.50. The monoisotopic (exact) mass is 361 g/mol. The van der Waals surface area contributed by atoms with E-state index in [0.29, 0.717) is 11.4 Å². The lowest BCUT2D eigenvalue weighted by atomic mass is 10.3. The van der Waals surface area contributed by atoms with Crippen LogP contribution < -0.4 is 0 Å². The molecule has 0 amide bonds. The van der Waals surface area contributed by atoms with Crippen LogP contribution in [-0.2, 0) is 0 Å². The van der Waals surface area contributed by atoms with E-state index in [1.807, 2.05) is 22.6 Å². The fourth-order valence-corrected chi connectivity index (χ4v) is 2.10. The van der Waals surface area contributed by atoms with Crippen molar-refractivity contribution in [1.29, 1.82) is 0 Å². The highest BCUT2D eigenvalue weighted by molar-refractivity contribution is 14.1. The van der Waals surface area contributed by atoms with Gasteiger partial charge in [-0.1, -0.05) is 0 Å². The van der Waals surface area contributed by atoms with E-state index in [1.54, 1.807) is 6.92 Å². The third-order valence-electron chi connectivity index (χ3n) is 2.35. The molecule has 2 rings (SSSR count). The number of hydrogen-bond acceptors (Lipinski definition) is 5. The maximum atomic E-state index is 11.3. The Labute approximate surface area is 115 Å².